The van der Waals surface area contributed by atoms with Gasteiger partial charge in [-0.15, -0.1) is 0 Å². The number of anilines is 1. The van der Waals surface area contributed by atoms with E-state index >= 15 is 0 Å². The van der Waals surface area contributed by atoms with E-state index in [4.69, 9.17) is 9.47 Å². The van der Waals surface area contributed by atoms with E-state index in [1.165, 1.54) is 32.1 Å². The fourth-order valence-electron chi connectivity index (χ4n) is 5.96. The molecule has 6 nitrogen and oxygen atoms in total. The van der Waals surface area contributed by atoms with Gasteiger partial charge >= 0.3 is 11.8 Å². The minimum Gasteiger partial charge on any atom is -0.494 e. The molecular weight excluding hydrogens is 356 g/mol. The van der Waals surface area contributed by atoms with Crippen LogP contribution in [0.25, 0.3) is 0 Å². The van der Waals surface area contributed by atoms with Crippen LogP contribution in [0.2, 0.25) is 0 Å². The molecule has 1 aromatic carbocycles. The van der Waals surface area contributed by atoms with Crippen LogP contribution in [0.4, 0.5) is 5.69 Å². The van der Waals surface area contributed by atoms with Crippen molar-refractivity contribution in [2.45, 2.75) is 44.6 Å². The molecule has 4 fully saturated rings. The highest BCUT2D eigenvalue weighted by molar-refractivity contribution is 6.39. The standard InChI is InChI=1S/C22H30N2O4/c1-3-28-19-6-4-18(5-7-19)24-21(26)20(25)23-13-22(27-2)16-9-14-8-15(11-16)12-17(22)10-14/h4-7,14-17H,3,8-13H2,1-2H3,(H,23,25)(H,24,26). The van der Waals surface area contributed by atoms with Gasteiger partial charge in [0.25, 0.3) is 0 Å². The number of benzene rings is 1. The lowest BCUT2D eigenvalue weighted by atomic mass is 9.49. The molecule has 0 radical (unpaired) electrons. The van der Waals surface area contributed by atoms with Gasteiger partial charge in [0.15, 0.2) is 0 Å². The average molecular weight is 386 g/mol. The van der Waals surface area contributed by atoms with Gasteiger partial charge in [-0.1, -0.05) is 0 Å². The minimum absolute atomic E-state index is 0.317. The van der Waals surface area contributed by atoms with Crippen molar-refractivity contribution >= 4 is 17.5 Å². The number of ether oxygens (including phenoxy) is 2. The Kier molecular flexibility index (Phi) is 5.32. The molecule has 4 bridgehead atoms. The normalized spacial score (nSPS) is 32.8. The van der Waals surface area contributed by atoms with Crippen molar-refractivity contribution in [3.05, 3.63) is 24.3 Å². The first-order valence-corrected chi connectivity index (χ1v) is 10.4. The van der Waals surface area contributed by atoms with Gasteiger partial charge in [-0.05, 0) is 87.0 Å². The second kappa shape index (κ2) is 7.74. The lowest BCUT2D eigenvalue weighted by Crippen LogP contribution is -2.63. The second-order valence-corrected chi connectivity index (χ2v) is 8.56. The van der Waals surface area contributed by atoms with Crippen LogP contribution in [-0.2, 0) is 14.3 Å². The van der Waals surface area contributed by atoms with Gasteiger partial charge in [0, 0.05) is 19.3 Å². The third-order valence-corrected chi connectivity index (χ3v) is 7.05. The first-order chi connectivity index (χ1) is 13.5. The Hall–Kier alpha value is -2.08. The van der Waals surface area contributed by atoms with Gasteiger partial charge in [0.1, 0.15) is 5.75 Å². The maximum Gasteiger partial charge on any atom is 0.313 e. The summed E-state index contributed by atoms with van der Waals surface area (Å²) in [6.07, 6.45) is 6.12. The van der Waals surface area contributed by atoms with E-state index in [0.717, 1.165) is 17.6 Å². The van der Waals surface area contributed by atoms with Crippen molar-refractivity contribution in [2.75, 3.05) is 25.6 Å². The smallest absolute Gasteiger partial charge is 0.313 e. The Balaban J connectivity index is 1.35. The Morgan fingerprint density at radius 2 is 1.61 bits per heavy atom. The zero-order chi connectivity index (χ0) is 19.7. The number of hydrogen-bond acceptors (Lipinski definition) is 4. The van der Waals surface area contributed by atoms with Crippen LogP contribution in [0.3, 0.4) is 0 Å². The number of rotatable bonds is 6. The summed E-state index contributed by atoms with van der Waals surface area (Å²) < 4.78 is 11.4. The van der Waals surface area contributed by atoms with Gasteiger partial charge in [0.05, 0.1) is 12.2 Å². The fourth-order valence-corrected chi connectivity index (χ4v) is 5.96. The van der Waals surface area contributed by atoms with Crippen LogP contribution in [-0.4, -0.2) is 37.7 Å². The Morgan fingerprint density at radius 1 is 1.00 bits per heavy atom. The van der Waals surface area contributed by atoms with E-state index in [9.17, 15) is 9.59 Å². The number of hydrogen-bond donors (Lipinski definition) is 2. The lowest BCUT2D eigenvalue weighted by Gasteiger charge is -2.60. The number of methoxy groups -OCH3 is 1. The first kappa shape index (κ1) is 19.2. The molecule has 4 aliphatic carbocycles. The fraction of sp³-hybridized carbons (Fsp3) is 0.636. The summed E-state index contributed by atoms with van der Waals surface area (Å²) in [6, 6.07) is 6.99. The molecule has 0 saturated heterocycles. The topological polar surface area (TPSA) is 76.7 Å². The van der Waals surface area contributed by atoms with Gasteiger partial charge in [-0.25, -0.2) is 0 Å². The summed E-state index contributed by atoms with van der Waals surface area (Å²) in [5, 5.41) is 5.50. The largest absolute Gasteiger partial charge is 0.494 e. The number of carbonyl (C=O) groups excluding carboxylic acids is 2. The van der Waals surface area contributed by atoms with Crippen molar-refractivity contribution in [1.29, 1.82) is 0 Å². The molecule has 5 rings (SSSR count). The predicted octanol–water partition coefficient (Wildman–Crippen LogP) is 2.98. The van der Waals surface area contributed by atoms with Crippen molar-refractivity contribution in [3.8, 4) is 5.75 Å². The highest BCUT2D eigenvalue weighted by Gasteiger charge is 2.57. The van der Waals surface area contributed by atoms with Crippen LogP contribution in [0, 0.1) is 23.7 Å². The van der Waals surface area contributed by atoms with Crippen molar-refractivity contribution < 1.29 is 19.1 Å². The summed E-state index contributed by atoms with van der Waals surface area (Å²) >= 11 is 0. The summed E-state index contributed by atoms with van der Waals surface area (Å²) in [4.78, 5) is 24.7. The lowest BCUT2D eigenvalue weighted by molar-refractivity contribution is -0.188. The van der Waals surface area contributed by atoms with E-state index in [2.05, 4.69) is 10.6 Å². The van der Waals surface area contributed by atoms with Gasteiger partial charge in [-0.3, -0.25) is 9.59 Å². The predicted molar refractivity (Wildman–Crippen MR) is 106 cm³/mol. The van der Waals surface area contributed by atoms with Gasteiger partial charge in [0.2, 0.25) is 0 Å². The molecule has 0 spiro atoms. The SMILES string of the molecule is CCOc1ccc(NC(=O)C(=O)NCC2(OC)C3CC4CC(C3)CC2C4)cc1. The molecule has 4 aliphatic rings. The van der Waals surface area contributed by atoms with Crippen LogP contribution in [0.5, 0.6) is 5.75 Å². The van der Waals surface area contributed by atoms with Crippen LogP contribution in [0.1, 0.15) is 39.0 Å². The first-order valence-electron chi connectivity index (χ1n) is 10.4. The molecule has 0 atom stereocenters. The van der Waals surface area contributed by atoms with Crippen molar-refractivity contribution in [2.24, 2.45) is 23.7 Å². The molecule has 6 heteroatoms. The number of amides is 2. The van der Waals surface area contributed by atoms with Gasteiger partial charge < -0.3 is 20.1 Å². The van der Waals surface area contributed by atoms with Crippen LogP contribution < -0.4 is 15.4 Å². The third kappa shape index (κ3) is 3.50. The molecular formula is C22H30N2O4. The van der Waals surface area contributed by atoms with E-state index in [0.29, 0.717) is 30.7 Å². The molecule has 0 unspecified atom stereocenters. The number of carbonyl (C=O) groups is 2. The summed E-state index contributed by atoms with van der Waals surface area (Å²) in [5.41, 5.74) is 0.252. The zero-order valence-corrected chi connectivity index (χ0v) is 16.7. The summed E-state index contributed by atoms with van der Waals surface area (Å²) in [5.74, 6) is 2.09. The monoisotopic (exact) mass is 386 g/mol. The maximum absolute atomic E-state index is 12.4. The molecule has 2 N–H and O–H groups in total. The maximum atomic E-state index is 12.4. The van der Waals surface area contributed by atoms with Gasteiger partial charge in [-0.2, -0.15) is 0 Å². The van der Waals surface area contributed by atoms with E-state index in [1.807, 2.05) is 6.92 Å². The molecule has 28 heavy (non-hydrogen) atoms. The van der Waals surface area contributed by atoms with Crippen molar-refractivity contribution in [1.82, 2.24) is 5.32 Å². The highest BCUT2D eigenvalue weighted by Crippen LogP contribution is 2.59. The highest BCUT2D eigenvalue weighted by atomic mass is 16.5. The summed E-state index contributed by atoms with van der Waals surface area (Å²) in [7, 11) is 1.76. The molecule has 0 heterocycles. The van der Waals surface area contributed by atoms with E-state index in [1.54, 1.807) is 31.4 Å². The molecule has 152 valence electrons. The van der Waals surface area contributed by atoms with Crippen molar-refractivity contribution in [3.63, 3.8) is 0 Å². The minimum atomic E-state index is -0.653. The van der Waals surface area contributed by atoms with E-state index in [-0.39, 0.29) is 5.60 Å². The quantitative estimate of drug-likeness (QED) is 0.737. The molecule has 4 saturated carbocycles. The molecule has 2 amide bonds. The molecule has 0 aromatic heterocycles. The Morgan fingerprint density at radius 3 is 2.14 bits per heavy atom. The molecule has 0 aliphatic heterocycles. The summed E-state index contributed by atoms with van der Waals surface area (Å²) in [6.45, 7) is 2.91. The second-order valence-electron chi connectivity index (χ2n) is 8.56. The van der Waals surface area contributed by atoms with E-state index < -0.39 is 11.8 Å². The average Bonchev–Trinajstić information content (AvgIpc) is 2.69. The number of nitrogens with one attached hydrogen (secondary N) is 2. The van der Waals surface area contributed by atoms with Crippen LogP contribution in [0.15, 0.2) is 24.3 Å². The molecule has 1 aromatic rings. The Bertz CT molecular complexity index is 703. The zero-order valence-electron chi connectivity index (χ0n) is 16.7. The third-order valence-electron chi connectivity index (χ3n) is 7.05. The Labute approximate surface area is 166 Å². The van der Waals surface area contributed by atoms with Crippen LogP contribution >= 0.6 is 0 Å².